The summed E-state index contributed by atoms with van der Waals surface area (Å²) in [7, 11) is 0. The van der Waals surface area contributed by atoms with Gasteiger partial charge in [-0.25, -0.2) is 0 Å². The molecule has 0 saturated carbocycles. The van der Waals surface area contributed by atoms with Crippen LogP contribution in [0.3, 0.4) is 0 Å². The number of rotatable bonds is 9. The van der Waals surface area contributed by atoms with Gasteiger partial charge in [-0.2, -0.15) is 5.26 Å². The second-order valence-corrected chi connectivity index (χ2v) is 4.10. The highest BCUT2D eigenvalue weighted by Gasteiger charge is 2.15. The predicted molar refractivity (Wildman–Crippen MR) is 62.4 cm³/mol. The predicted octanol–water partition coefficient (Wildman–Crippen LogP) is 3.86. The van der Waals surface area contributed by atoms with Crippen molar-refractivity contribution in [2.75, 3.05) is 0 Å². The topological polar surface area (TPSA) is 40.9 Å². The molecule has 1 atom stereocenters. The van der Waals surface area contributed by atoms with Crippen LogP contribution in [0.15, 0.2) is 0 Å². The quantitative estimate of drug-likeness (QED) is 0.541. The Kier molecular flexibility index (Phi) is 9.16. The molecule has 0 aromatic carbocycles. The standard InChI is InChI=1S/C13H23NO/c1-3-5-6-7-8-10-13(15)12(11-14)9-4-2/h12H,3-10H2,1-2H3. The summed E-state index contributed by atoms with van der Waals surface area (Å²) in [4.78, 5) is 11.6. The molecule has 86 valence electrons. The second kappa shape index (κ2) is 9.71. The molecule has 0 amide bonds. The van der Waals surface area contributed by atoms with E-state index in [0.29, 0.717) is 6.42 Å². The fourth-order valence-corrected chi connectivity index (χ4v) is 1.66. The van der Waals surface area contributed by atoms with Crippen molar-refractivity contribution in [3.63, 3.8) is 0 Å². The molecule has 0 saturated heterocycles. The molecule has 0 rings (SSSR count). The van der Waals surface area contributed by atoms with Crippen LogP contribution >= 0.6 is 0 Å². The first-order valence-electron chi connectivity index (χ1n) is 6.18. The van der Waals surface area contributed by atoms with Gasteiger partial charge < -0.3 is 0 Å². The van der Waals surface area contributed by atoms with Crippen molar-refractivity contribution >= 4 is 5.78 Å². The fraction of sp³-hybridized carbons (Fsp3) is 0.846. The molecule has 0 fully saturated rings. The minimum Gasteiger partial charge on any atom is -0.298 e. The molecule has 0 aliphatic rings. The maximum atomic E-state index is 11.6. The van der Waals surface area contributed by atoms with E-state index in [4.69, 9.17) is 5.26 Å². The normalized spacial score (nSPS) is 12.1. The summed E-state index contributed by atoms with van der Waals surface area (Å²) in [5.74, 6) is -0.197. The van der Waals surface area contributed by atoms with Gasteiger partial charge in [0.15, 0.2) is 0 Å². The highest BCUT2D eigenvalue weighted by atomic mass is 16.1. The maximum Gasteiger partial charge on any atom is 0.149 e. The van der Waals surface area contributed by atoms with Crippen LogP contribution in [0.5, 0.6) is 0 Å². The third-order valence-electron chi connectivity index (χ3n) is 2.65. The molecule has 15 heavy (non-hydrogen) atoms. The third kappa shape index (κ3) is 7.13. The van der Waals surface area contributed by atoms with Gasteiger partial charge >= 0.3 is 0 Å². The summed E-state index contributed by atoms with van der Waals surface area (Å²) in [5.41, 5.74) is 0. The van der Waals surface area contributed by atoms with Crippen LogP contribution in [-0.2, 0) is 4.79 Å². The van der Waals surface area contributed by atoms with Crippen LogP contribution in [0.4, 0.5) is 0 Å². The fourth-order valence-electron chi connectivity index (χ4n) is 1.66. The summed E-state index contributed by atoms with van der Waals surface area (Å²) in [6.45, 7) is 4.19. The van der Waals surface area contributed by atoms with Crippen molar-refractivity contribution in [3.05, 3.63) is 0 Å². The van der Waals surface area contributed by atoms with E-state index in [2.05, 4.69) is 13.0 Å². The Morgan fingerprint density at radius 2 is 1.80 bits per heavy atom. The highest BCUT2D eigenvalue weighted by Crippen LogP contribution is 2.12. The van der Waals surface area contributed by atoms with Crippen LogP contribution in [0.1, 0.15) is 65.2 Å². The molecular weight excluding hydrogens is 186 g/mol. The summed E-state index contributed by atoms with van der Waals surface area (Å²) < 4.78 is 0. The van der Waals surface area contributed by atoms with E-state index < -0.39 is 0 Å². The number of Topliss-reactive ketones (excluding diaryl/α,β-unsaturated/α-hetero) is 1. The van der Waals surface area contributed by atoms with E-state index in [1.165, 1.54) is 19.3 Å². The van der Waals surface area contributed by atoms with E-state index >= 15 is 0 Å². The van der Waals surface area contributed by atoms with Gasteiger partial charge in [-0.1, -0.05) is 46.0 Å². The van der Waals surface area contributed by atoms with Crippen molar-refractivity contribution in [3.8, 4) is 6.07 Å². The monoisotopic (exact) mass is 209 g/mol. The lowest BCUT2D eigenvalue weighted by Gasteiger charge is -2.05. The van der Waals surface area contributed by atoms with E-state index in [1.54, 1.807) is 0 Å². The molecule has 0 aromatic rings. The van der Waals surface area contributed by atoms with E-state index in [0.717, 1.165) is 25.7 Å². The zero-order valence-electron chi connectivity index (χ0n) is 10.1. The summed E-state index contributed by atoms with van der Waals surface area (Å²) in [6, 6.07) is 2.11. The average molecular weight is 209 g/mol. The Morgan fingerprint density at radius 3 is 2.33 bits per heavy atom. The molecule has 0 aliphatic heterocycles. The van der Waals surface area contributed by atoms with Gasteiger partial charge in [0.2, 0.25) is 0 Å². The summed E-state index contributed by atoms with van der Waals surface area (Å²) in [6.07, 6.45) is 8.03. The van der Waals surface area contributed by atoms with Crippen LogP contribution < -0.4 is 0 Å². The van der Waals surface area contributed by atoms with Crippen molar-refractivity contribution in [1.82, 2.24) is 0 Å². The maximum absolute atomic E-state index is 11.6. The summed E-state index contributed by atoms with van der Waals surface area (Å²) >= 11 is 0. The average Bonchev–Trinajstić information content (AvgIpc) is 2.25. The Bertz CT molecular complexity index is 205. The molecule has 0 heterocycles. The number of carbonyl (C=O) groups is 1. The van der Waals surface area contributed by atoms with Gasteiger partial charge in [-0.3, -0.25) is 4.79 Å². The van der Waals surface area contributed by atoms with Crippen LogP contribution in [-0.4, -0.2) is 5.78 Å². The van der Waals surface area contributed by atoms with Crippen LogP contribution in [0, 0.1) is 17.2 Å². The molecule has 0 N–H and O–H groups in total. The minimum absolute atomic E-state index is 0.149. The van der Waals surface area contributed by atoms with Crippen molar-refractivity contribution in [2.45, 2.75) is 65.2 Å². The SMILES string of the molecule is CCCCCCCC(=O)C(C#N)CCC. The molecular formula is C13H23NO. The molecule has 2 heteroatoms. The molecule has 0 aliphatic carbocycles. The molecule has 0 aromatic heterocycles. The number of hydrogen-bond acceptors (Lipinski definition) is 2. The number of ketones is 1. The first-order chi connectivity index (χ1) is 7.26. The smallest absolute Gasteiger partial charge is 0.149 e. The second-order valence-electron chi connectivity index (χ2n) is 4.10. The first kappa shape index (κ1) is 14.2. The van der Waals surface area contributed by atoms with Crippen molar-refractivity contribution < 1.29 is 4.79 Å². The summed E-state index contributed by atoms with van der Waals surface area (Å²) in [5, 5.41) is 8.80. The number of nitrogens with zero attached hydrogens (tertiary/aromatic N) is 1. The van der Waals surface area contributed by atoms with Gasteiger partial charge in [-0.15, -0.1) is 0 Å². The highest BCUT2D eigenvalue weighted by molar-refractivity contribution is 5.83. The zero-order chi connectivity index (χ0) is 11.5. The van der Waals surface area contributed by atoms with Crippen molar-refractivity contribution in [2.24, 2.45) is 5.92 Å². The lowest BCUT2D eigenvalue weighted by molar-refractivity contribution is -0.121. The largest absolute Gasteiger partial charge is 0.298 e. The minimum atomic E-state index is -0.346. The Labute approximate surface area is 93.7 Å². The number of carbonyl (C=O) groups excluding carboxylic acids is 1. The lowest BCUT2D eigenvalue weighted by Crippen LogP contribution is -2.11. The lowest BCUT2D eigenvalue weighted by atomic mass is 9.96. The Hall–Kier alpha value is -0.840. The van der Waals surface area contributed by atoms with Gasteiger partial charge in [-0.05, 0) is 12.8 Å². The van der Waals surface area contributed by atoms with Crippen LogP contribution in [0.2, 0.25) is 0 Å². The molecule has 0 bridgehead atoms. The van der Waals surface area contributed by atoms with Gasteiger partial charge in [0, 0.05) is 6.42 Å². The number of unbranched alkanes of at least 4 members (excludes halogenated alkanes) is 4. The van der Waals surface area contributed by atoms with E-state index in [9.17, 15) is 4.79 Å². The van der Waals surface area contributed by atoms with E-state index in [-0.39, 0.29) is 11.7 Å². The molecule has 0 spiro atoms. The van der Waals surface area contributed by atoms with Crippen LogP contribution in [0.25, 0.3) is 0 Å². The van der Waals surface area contributed by atoms with E-state index in [1.807, 2.05) is 6.92 Å². The van der Waals surface area contributed by atoms with Crippen molar-refractivity contribution in [1.29, 1.82) is 5.26 Å². The molecule has 0 radical (unpaired) electrons. The zero-order valence-corrected chi connectivity index (χ0v) is 10.1. The molecule has 2 nitrogen and oxygen atoms in total. The first-order valence-corrected chi connectivity index (χ1v) is 6.18. The third-order valence-corrected chi connectivity index (χ3v) is 2.65. The van der Waals surface area contributed by atoms with Gasteiger partial charge in [0.05, 0.1) is 6.07 Å². The Morgan fingerprint density at radius 1 is 1.13 bits per heavy atom. The van der Waals surface area contributed by atoms with Gasteiger partial charge in [0.1, 0.15) is 11.7 Å². The van der Waals surface area contributed by atoms with Gasteiger partial charge in [0.25, 0.3) is 0 Å². The number of nitriles is 1. The molecule has 1 unspecified atom stereocenters. The number of hydrogen-bond donors (Lipinski definition) is 0. The Balaban J connectivity index is 3.59.